The van der Waals surface area contributed by atoms with E-state index in [1.54, 1.807) is 0 Å². The molecule has 2 aromatic carbocycles. The minimum absolute atomic E-state index is 0.0104. The number of carbonyl (C=O) groups is 1. The first kappa shape index (κ1) is 14.2. The standard InChI is InChI=1S/C13H10BF2NO3/c15-9-2-4-10(5-3-9)17-13(18)8-1-6-11(14(19)20)12(16)7-8/h1-7,19-20H,(H,17,18). The second-order valence-electron chi connectivity index (χ2n) is 4.07. The summed E-state index contributed by atoms with van der Waals surface area (Å²) in [5.74, 6) is -1.92. The van der Waals surface area contributed by atoms with Crippen molar-refractivity contribution in [3.05, 3.63) is 59.7 Å². The van der Waals surface area contributed by atoms with E-state index in [0.717, 1.165) is 12.1 Å². The first-order chi connectivity index (χ1) is 9.47. The summed E-state index contributed by atoms with van der Waals surface area (Å²) in [6.45, 7) is 0. The number of hydrogen-bond acceptors (Lipinski definition) is 3. The molecule has 0 unspecified atom stereocenters. The molecule has 4 nitrogen and oxygen atoms in total. The Kier molecular flexibility index (Phi) is 4.12. The monoisotopic (exact) mass is 277 g/mol. The van der Waals surface area contributed by atoms with Crippen molar-refractivity contribution in [3.8, 4) is 0 Å². The molecule has 0 saturated carbocycles. The molecule has 7 heteroatoms. The van der Waals surface area contributed by atoms with Gasteiger partial charge in [-0.3, -0.25) is 4.79 Å². The molecule has 0 heterocycles. The Morgan fingerprint density at radius 3 is 2.25 bits per heavy atom. The minimum Gasteiger partial charge on any atom is -0.423 e. The average Bonchev–Trinajstić information content (AvgIpc) is 2.40. The van der Waals surface area contributed by atoms with Crippen molar-refractivity contribution in [2.75, 3.05) is 5.32 Å². The summed E-state index contributed by atoms with van der Waals surface area (Å²) in [6.07, 6.45) is 0. The number of carbonyl (C=O) groups excluding carboxylic acids is 1. The van der Waals surface area contributed by atoms with Crippen LogP contribution in [0.1, 0.15) is 10.4 Å². The van der Waals surface area contributed by atoms with E-state index in [1.807, 2.05) is 0 Å². The number of hydrogen-bond donors (Lipinski definition) is 3. The number of nitrogens with one attached hydrogen (secondary N) is 1. The van der Waals surface area contributed by atoms with E-state index in [0.29, 0.717) is 5.69 Å². The fraction of sp³-hybridized carbons (Fsp3) is 0. The lowest BCUT2D eigenvalue weighted by molar-refractivity contribution is 0.102. The second kappa shape index (κ2) is 5.81. The molecule has 1 amide bonds. The Balaban J connectivity index is 2.17. The molecule has 20 heavy (non-hydrogen) atoms. The number of benzene rings is 2. The van der Waals surface area contributed by atoms with Gasteiger partial charge in [0, 0.05) is 16.7 Å². The van der Waals surface area contributed by atoms with Crippen molar-refractivity contribution >= 4 is 24.2 Å². The molecule has 0 atom stereocenters. The Morgan fingerprint density at radius 1 is 1.05 bits per heavy atom. The van der Waals surface area contributed by atoms with Crippen LogP contribution in [0.5, 0.6) is 0 Å². The van der Waals surface area contributed by atoms with Crippen molar-refractivity contribution in [3.63, 3.8) is 0 Å². The molecule has 0 bridgehead atoms. The Labute approximate surface area is 113 Å². The molecule has 0 aliphatic heterocycles. The molecule has 0 aromatic heterocycles. The molecule has 0 radical (unpaired) electrons. The number of rotatable bonds is 3. The van der Waals surface area contributed by atoms with Gasteiger partial charge in [0.05, 0.1) is 0 Å². The lowest BCUT2D eigenvalue weighted by Gasteiger charge is -2.07. The maximum Gasteiger partial charge on any atom is 0.491 e. The van der Waals surface area contributed by atoms with Crippen LogP contribution in [0, 0.1) is 11.6 Å². The summed E-state index contributed by atoms with van der Waals surface area (Å²) >= 11 is 0. The lowest BCUT2D eigenvalue weighted by atomic mass is 9.79. The van der Waals surface area contributed by atoms with Gasteiger partial charge in [-0.1, -0.05) is 6.07 Å². The van der Waals surface area contributed by atoms with Crippen LogP contribution < -0.4 is 10.8 Å². The predicted molar refractivity (Wildman–Crippen MR) is 70.6 cm³/mol. The van der Waals surface area contributed by atoms with Gasteiger partial charge in [-0.15, -0.1) is 0 Å². The van der Waals surface area contributed by atoms with E-state index in [9.17, 15) is 13.6 Å². The summed E-state index contributed by atoms with van der Waals surface area (Å²) in [4.78, 5) is 11.8. The highest BCUT2D eigenvalue weighted by atomic mass is 19.1. The summed E-state index contributed by atoms with van der Waals surface area (Å²) in [6, 6.07) is 8.37. The Bertz CT molecular complexity index is 632. The lowest BCUT2D eigenvalue weighted by Crippen LogP contribution is -2.33. The number of halogens is 2. The van der Waals surface area contributed by atoms with Crippen LogP contribution in [0.2, 0.25) is 0 Å². The average molecular weight is 277 g/mol. The highest BCUT2D eigenvalue weighted by molar-refractivity contribution is 6.58. The maximum absolute atomic E-state index is 13.5. The van der Waals surface area contributed by atoms with Gasteiger partial charge in [0.1, 0.15) is 11.6 Å². The van der Waals surface area contributed by atoms with Crippen LogP contribution in [-0.4, -0.2) is 23.1 Å². The first-order valence-corrected chi connectivity index (χ1v) is 5.70. The smallest absolute Gasteiger partial charge is 0.423 e. The van der Waals surface area contributed by atoms with Crippen LogP contribution in [-0.2, 0) is 0 Å². The Hall–Kier alpha value is -2.25. The largest absolute Gasteiger partial charge is 0.491 e. The normalized spacial score (nSPS) is 10.2. The third-order valence-electron chi connectivity index (χ3n) is 2.64. The van der Waals surface area contributed by atoms with Crippen molar-refractivity contribution in [2.24, 2.45) is 0 Å². The van der Waals surface area contributed by atoms with Gasteiger partial charge >= 0.3 is 7.12 Å². The molecule has 0 saturated heterocycles. The minimum atomic E-state index is -1.94. The molecule has 2 rings (SSSR count). The summed E-state index contributed by atoms with van der Waals surface area (Å²) in [5.41, 5.74) is 0.0580. The van der Waals surface area contributed by atoms with E-state index in [1.165, 1.54) is 30.3 Å². The van der Waals surface area contributed by atoms with Gasteiger partial charge in [0.15, 0.2) is 0 Å². The molecular weight excluding hydrogens is 267 g/mol. The van der Waals surface area contributed by atoms with E-state index in [-0.39, 0.29) is 11.0 Å². The highest BCUT2D eigenvalue weighted by Crippen LogP contribution is 2.11. The van der Waals surface area contributed by atoms with Crippen molar-refractivity contribution in [2.45, 2.75) is 0 Å². The number of anilines is 1. The van der Waals surface area contributed by atoms with Crippen molar-refractivity contribution in [1.29, 1.82) is 0 Å². The molecular formula is C13H10BF2NO3. The number of amides is 1. The van der Waals surface area contributed by atoms with Gasteiger partial charge in [-0.25, -0.2) is 8.78 Å². The molecule has 0 aliphatic carbocycles. The predicted octanol–water partition coefficient (Wildman–Crippen LogP) is 0.897. The van der Waals surface area contributed by atoms with Crippen LogP contribution >= 0.6 is 0 Å². The van der Waals surface area contributed by atoms with Gasteiger partial charge in [0.2, 0.25) is 0 Å². The fourth-order valence-corrected chi connectivity index (χ4v) is 1.61. The zero-order chi connectivity index (χ0) is 14.7. The Morgan fingerprint density at radius 2 is 1.70 bits per heavy atom. The quantitative estimate of drug-likeness (QED) is 0.730. The van der Waals surface area contributed by atoms with Gasteiger partial charge in [-0.05, 0) is 36.4 Å². The molecule has 102 valence electrons. The summed E-state index contributed by atoms with van der Waals surface area (Å²) in [5, 5.41) is 20.2. The maximum atomic E-state index is 13.5. The van der Waals surface area contributed by atoms with Gasteiger partial charge in [0.25, 0.3) is 5.91 Å². The second-order valence-corrected chi connectivity index (χ2v) is 4.07. The van der Waals surface area contributed by atoms with Crippen LogP contribution in [0.3, 0.4) is 0 Å². The van der Waals surface area contributed by atoms with Gasteiger partial charge < -0.3 is 15.4 Å². The SMILES string of the molecule is O=C(Nc1ccc(F)cc1)c1ccc(B(O)O)c(F)c1. The molecule has 0 spiro atoms. The molecule has 0 aliphatic rings. The van der Waals surface area contributed by atoms with E-state index < -0.39 is 24.7 Å². The topological polar surface area (TPSA) is 69.6 Å². The van der Waals surface area contributed by atoms with E-state index in [2.05, 4.69) is 5.32 Å². The van der Waals surface area contributed by atoms with Crippen molar-refractivity contribution < 1.29 is 23.6 Å². The zero-order valence-corrected chi connectivity index (χ0v) is 10.2. The highest BCUT2D eigenvalue weighted by Gasteiger charge is 2.18. The molecule has 0 fully saturated rings. The van der Waals surface area contributed by atoms with Crippen LogP contribution in [0.15, 0.2) is 42.5 Å². The van der Waals surface area contributed by atoms with Crippen molar-refractivity contribution in [1.82, 2.24) is 0 Å². The third-order valence-corrected chi connectivity index (χ3v) is 2.64. The zero-order valence-electron chi connectivity index (χ0n) is 10.2. The van der Waals surface area contributed by atoms with Crippen LogP contribution in [0.4, 0.5) is 14.5 Å². The third kappa shape index (κ3) is 3.20. The summed E-state index contributed by atoms with van der Waals surface area (Å²) < 4.78 is 26.2. The van der Waals surface area contributed by atoms with Gasteiger partial charge in [-0.2, -0.15) is 0 Å². The molecule has 3 N–H and O–H groups in total. The fourth-order valence-electron chi connectivity index (χ4n) is 1.61. The van der Waals surface area contributed by atoms with E-state index >= 15 is 0 Å². The van der Waals surface area contributed by atoms with E-state index in [4.69, 9.17) is 10.0 Å². The first-order valence-electron chi connectivity index (χ1n) is 5.70. The van der Waals surface area contributed by atoms with Crippen LogP contribution in [0.25, 0.3) is 0 Å². The molecule has 2 aromatic rings. The summed E-state index contributed by atoms with van der Waals surface area (Å²) in [7, 11) is -1.94.